The molecule has 1 heterocycles. The van der Waals surface area contributed by atoms with Gasteiger partial charge in [0.05, 0.1) is 11.2 Å². The number of fused-ring (bicyclic) bond motifs is 1. The maximum Gasteiger partial charge on any atom is 0.431 e. The molecule has 0 radical (unpaired) electrons. The third-order valence-electron chi connectivity index (χ3n) is 3.09. The molecule has 0 N–H and O–H groups in total. The number of para-hydroxylation sites is 2. The predicted octanol–water partition coefficient (Wildman–Crippen LogP) is 4.79. The third kappa shape index (κ3) is 1.95. The zero-order valence-electron chi connectivity index (χ0n) is 10.2. The van der Waals surface area contributed by atoms with Gasteiger partial charge >= 0.3 is 6.18 Å². The van der Waals surface area contributed by atoms with Crippen molar-refractivity contribution in [2.75, 3.05) is 0 Å². The van der Waals surface area contributed by atoms with Gasteiger partial charge in [-0.15, -0.1) is 0 Å². The molecule has 1 nitrogen and oxygen atoms in total. The fraction of sp³-hybridized carbons (Fsp3) is 0.0667. The molecule has 102 valence electrons. The highest BCUT2D eigenvalue weighted by Crippen LogP contribution is 2.36. The SMILES string of the molecule is Fc1ccccc1-n1c(C(F)(F)F)cc2ccccc21. The topological polar surface area (TPSA) is 4.93 Å². The van der Waals surface area contributed by atoms with Gasteiger partial charge in [0, 0.05) is 5.39 Å². The van der Waals surface area contributed by atoms with Crippen LogP contribution in [0, 0.1) is 5.82 Å². The van der Waals surface area contributed by atoms with E-state index in [0.29, 0.717) is 10.9 Å². The summed E-state index contributed by atoms with van der Waals surface area (Å²) in [4.78, 5) is 0. The minimum absolute atomic E-state index is 0.110. The van der Waals surface area contributed by atoms with Crippen molar-refractivity contribution in [3.05, 3.63) is 66.1 Å². The van der Waals surface area contributed by atoms with Gasteiger partial charge in [-0.05, 0) is 24.3 Å². The molecule has 1 aromatic heterocycles. The summed E-state index contributed by atoms with van der Waals surface area (Å²) in [7, 11) is 0. The van der Waals surface area contributed by atoms with E-state index in [2.05, 4.69) is 0 Å². The highest BCUT2D eigenvalue weighted by atomic mass is 19.4. The molecule has 3 aromatic rings. The van der Waals surface area contributed by atoms with Crippen molar-refractivity contribution in [2.45, 2.75) is 6.18 Å². The van der Waals surface area contributed by atoms with Crippen molar-refractivity contribution in [3.63, 3.8) is 0 Å². The van der Waals surface area contributed by atoms with Crippen LogP contribution in [0.15, 0.2) is 54.6 Å². The van der Waals surface area contributed by atoms with Crippen LogP contribution >= 0.6 is 0 Å². The number of halogens is 4. The number of nitrogens with zero attached hydrogens (tertiary/aromatic N) is 1. The zero-order chi connectivity index (χ0) is 14.3. The van der Waals surface area contributed by atoms with E-state index in [1.54, 1.807) is 18.2 Å². The van der Waals surface area contributed by atoms with Crippen LogP contribution in [0.1, 0.15) is 5.69 Å². The van der Waals surface area contributed by atoms with Crippen LogP contribution in [-0.4, -0.2) is 4.57 Å². The van der Waals surface area contributed by atoms with Gasteiger partial charge in [-0.1, -0.05) is 30.3 Å². The zero-order valence-corrected chi connectivity index (χ0v) is 10.2. The van der Waals surface area contributed by atoms with E-state index >= 15 is 0 Å². The van der Waals surface area contributed by atoms with Gasteiger partial charge in [0.25, 0.3) is 0 Å². The highest BCUT2D eigenvalue weighted by Gasteiger charge is 2.36. The molecule has 0 fully saturated rings. The fourth-order valence-corrected chi connectivity index (χ4v) is 2.26. The summed E-state index contributed by atoms with van der Waals surface area (Å²) in [6.07, 6.45) is -4.55. The second kappa shape index (κ2) is 4.37. The number of alkyl halides is 3. The van der Waals surface area contributed by atoms with Crippen LogP contribution < -0.4 is 0 Å². The molecular formula is C15H9F4N. The molecule has 3 rings (SSSR count). The molecule has 0 unspecified atom stereocenters. The highest BCUT2D eigenvalue weighted by molar-refractivity contribution is 5.83. The summed E-state index contributed by atoms with van der Waals surface area (Å²) in [5.74, 6) is -0.695. The minimum Gasteiger partial charge on any atom is -0.303 e. The van der Waals surface area contributed by atoms with E-state index < -0.39 is 17.7 Å². The molecule has 0 saturated carbocycles. The standard InChI is InChI=1S/C15H9F4N/c16-11-6-2-4-8-13(11)20-12-7-3-1-5-10(12)9-14(20)15(17,18)19/h1-9H. The number of rotatable bonds is 1. The van der Waals surface area contributed by atoms with Crippen LogP contribution in [0.3, 0.4) is 0 Å². The van der Waals surface area contributed by atoms with Gasteiger partial charge in [-0.2, -0.15) is 13.2 Å². The van der Waals surface area contributed by atoms with E-state index in [1.165, 1.54) is 24.3 Å². The molecule has 0 bridgehead atoms. The summed E-state index contributed by atoms with van der Waals surface area (Å²) in [6, 6.07) is 12.8. The monoisotopic (exact) mass is 279 g/mol. The molecule has 0 spiro atoms. The second-order valence-corrected chi connectivity index (χ2v) is 4.37. The number of benzene rings is 2. The van der Waals surface area contributed by atoms with Crippen molar-refractivity contribution in [2.24, 2.45) is 0 Å². The molecule has 0 saturated heterocycles. The summed E-state index contributed by atoms with van der Waals surface area (Å²) in [6.45, 7) is 0. The molecule has 2 aromatic carbocycles. The van der Waals surface area contributed by atoms with E-state index in [4.69, 9.17) is 0 Å². The lowest BCUT2D eigenvalue weighted by molar-refractivity contribution is -0.142. The maximum atomic E-state index is 13.9. The Hall–Kier alpha value is -2.30. The first-order chi connectivity index (χ1) is 9.48. The third-order valence-corrected chi connectivity index (χ3v) is 3.09. The largest absolute Gasteiger partial charge is 0.431 e. The lowest BCUT2D eigenvalue weighted by atomic mass is 10.2. The van der Waals surface area contributed by atoms with Crippen LogP contribution in [0.2, 0.25) is 0 Å². The predicted molar refractivity (Wildman–Crippen MR) is 68.2 cm³/mol. The van der Waals surface area contributed by atoms with Gasteiger partial charge in [0.2, 0.25) is 0 Å². The van der Waals surface area contributed by atoms with E-state index in [0.717, 1.165) is 16.7 Å². The maximum absolute atomic E-state index is 13.9. The summed E-state index contributed by atoms with van der Waals surface area (Å²) < 4.78 is 54.3. The lowest BCUT2D eigenvalue weighted by Gasteiger charge is -2.13. The van der Waals surface area contributed by atoms with E-state index in [-0.39, 0.29) is 5.69 Å². The molecule has 20 heavy (non-hydrogen) atoms. The molecule has 0 aliphatic carbocycles. The molecule has 5 heteroatoms. The van der Waals surface area contributed by atoms with Gasteiger partial charge in [-0.3, -0.25) is 0 Å². The van der Waals surface area contributed by atoms with Gasteiger partial charge in [0.15, 0.2) is 0 Å². The van der Waals surface area contributed by atoms with Crippen molar-refractivity contribution in [1.82, 2.24) is 4.57 Å². The van der Waals surface area contributed by atoms with E-state index in [1.807, 2.05) is 0 Å². The Morgan fingerprint density at radius 1 is 0.850 bits per heavy atom. The quantitative estimate of drug-likeness (QED) is 0.564. The van der Waals surface area contributed by atoms with Gasteiger partial charge in [0.1, 0.15) is 11.5 Å². The summed E-state index contributed by atoms with van der Waals surface area (Å²) in [5, 5.41) is 0.420. The Bertz CT molecular complexity index is 771. The van der Waals surface area contributed by atoms with Crippen molar-refractivity contribution in [3.8, 4) is 5.69 Å². The Morgan fingerprint density at radius 2 is 1.50 bits per heavy atom. The van der Waals surface area contributed by atoms with Crippen LogP contribution in [0.4, 0.5) is 17.6 Å². The van der Waals surface area contributed by atoms with Gasteiger partial charge in [-0.25, -0.2) is 4.39 Å². The molecular weight excluding hydrogens is 270 g/mol. The molecule has 0 amide bonds. The first-order valence-electron chi connectivity index (χ1n) is 5.91. The Labute approximate surface area is 112 Å². The minimum atomic E-state index is -4.55. The first-order valence-corrected chi connectivity index (χ1v) is 5.91. The van der Waals surface area contributed by atoms with Crippen LogP contribution in [-0.2, 0) is 6.18 Å². The van der Waals surface area contributed by atoms with Crippen LogP contribution in [0.25, 0.3) is 16.6 Å². The smallest absolute Gasteiger partial charge is 0.303 e. The average molecular weight is 279 g/mol. The van der Waals surface area contributed by atoms with Crippen molar-refractivity contribution < 1.29 is 17.6 Å². The van der Waals surface area contributed by atoms with Gasteiger partial charge < -0.3 is 4.57 Å². The Morgan fingerprint density at radius 3 is 2.20 bits per heavy atom. The summed E-state index contributed by atoms with van der Waals surface area (Å²) in [5.41, 5.74) is -0.672. The molecule has 0 aliphatic rings. The lowest BCUT2D eigenvalue weighted by Crippen LogP contribution is -2.13. The molecule has 0 atom stereocenters. The fourth-order valence-electron chi connectivity index (χ4n) is 2.26. The Kier molecular flexibility index (Phi) is 2.78. The van der Waals surface area contributed by atoms with Crippen LogP contribution in [0.5, 0.6) is 0 Å². The second-order valence-electron chi connectivity index (χ2n) is 4.37. The summed E-state index contributed by atoms with van der Waals surface area (Å²) >= 11 is 0. The Balaban J connectivity index is 2.41. The normalized spacial score (nSPS) is 12.0. The number of hydrogen-bond donors (Lipinski definition) is 0. The number of hydrogen-bond acceptors (Lipinski definition) is 0. The molecule has 0 aliphatic heterocycles. The van der Waals surface area contributed by atoms with Crippen molar-refractivity contribution >= 4 is 10.9 Å². The average Bonchev–Trinajstić information content (AvgIpc) is 2.79. The van der Waals surface area contributed by atoms with E-state index in [9.17, 15) is 17.6 Å². The van der Waals surface area contributed by atoms with Crippen molar-refractivity contribution in [1.29, 1.82) is 0 Å². The first kappa shape index (κ1) is 12.7. The number of aromatic nitrogens is 1.